The van der Waals surface area contributed by atoms with Gasteiger partial charge in [0.15, 0.2) is 11.4 Å². The molecule has 100 valence electrons. The molecular formula is C10H11N5O4. The Hall–Kier alpha value is -2.84. The Morgan fingerprint density at radius 1 is 1.47 bits per heavy atom. The maximum absolute atomic E-state index is 11.5. The molecule has 0 saturated heterocycles. The molecule has 0 fully saturated rings. The van der Waals surface area contributed by atoms with Gasteiger partial charge in [0.2, 0.25) is 0 Å². The molecular weight excluding hydrogens is 254 g/mol. The van der Waals surface area contributed by atoms with E-state index in [1.165, 1.54) is 11.9 Å². The first-order chi connectivity index (χ1) is 9.01. The van der Waals surface area contributed by atoms with Gasteiger partial charge in [-0.3, -0.25) is 5.41 Å². The molecule has 3 N–H and O–H groups in total. The lowest BCUT2D eigenvalue weighted by molar-refractivity contribution is -0.134. The van der Waals surface area contributed by atoms with Gasteiger partial charge in [0.1, 0.15) is 12.2 Å². The molecule has 9 nitrogen and oxygen atoms in total. The molecule has 0 aliphatic heterocycles. The molecule has 0 aromatic heterocycles. The fourth-order valence-electron chi connectivity index (χ4n) is 1.25. The molecule has 1 aromatic rings. The summed E-state index contributed by atoms with van der Waals surface area (Å²) in [7, 11) is 1.50. The number of carbonyl (C=O) groups excluding carboxylic acids is 1. The van der Waals surface area contributed by atoms with Crippen LogP contribution in [0.5, 0.6) is 5.75 Å². The van der Waals surface area contributed by atoms with Gasteiger partial charge in [-0.1, -0.05) is 0 Å². The Bertz CT molecular complexity index is 531. The Balaban J connectivity index is 3.00. The van der Waals surface area contributed by atoms with Crippen LogP contribution in [0, 0.1) is 15.2 Å². The summed E-state index contributed by atoms with van der Waals surface area (Å²) in [5.74, 6) is -0.958. The minimum atomic E-state index is -0.727. The maximum atomic E-state index is 11.5. The number of rotatable bonds is 6. The second-order valence-electron chi connectivity index (χ2n) is 3.58. The highest BCUT2D eigenvalue weighted by Crippen LogP contribution is 2.37. The average Bonchev–Trinajstić information content (AvgIpc) is 2.40. The third-order valence-electron chi connectivity index (χ3n) is 2.10. The Morgan fingerprint density at radius 3 is 2.68 bits per heavy atom. The number of ether oxygens (including phenoxy) is 1. The number of nitroso groups, excluding NO2 is 2. The fourth-order valence-corrected chi connectivity index (χ4v) is 1.25. The molecule has 0 spiro atoms. The smallest absolute Gasteiger partial charge is 0.331 e. The van der Waals surface area contributed by atoms with Crippen molar-refractivity contribution in [2.75, 3.05) is 19.3 Å². The summed E-state index contributed by atoms with van der Waals surface area (Å²) in [5.41, 5.74) is 5.07. The monoisotopic (exact) mass is 265 g/mol. The van der Waals surface area contributed by atoms with Gasteiger partial charge >= 0.3 is 5.97 Å². The number of anilines is 1. The maximum Gasteiger partial charge on any atom is 0.331 e. The topological polar surface area (TPSA) is 138 Å². The minimum Gasteiger partial charge on any atom is -0.421 e. The summed E-state index contributed by atoms with van der Waals surface area (Å²) < 4.78 is 4.89. The predicted octanol–water partition coefficient (Wildman–Crippen LogP) is 1.51. The van der Waals surface area contributed by atoms with E-state index in [1.54, 1.807) is 0 Å². The number of hydrogen-bond acceptors (Lipinski definition) is 8. The van der Waals surface area contributed by atoms with E-state index in [0.29, 0.717) is 0 Å². The van der Waals surface area contributed by atoms with Gasteiger partial charge in [0.25, 0.3) is 0 Å². The first-order valence-electron chi connectivity index (χ1n) is 5.03. The second-order valence-corrected chi connectivity index (χ2v) is 3.58. The first kappa shape index (κ1) is 14.2. The van der Waals surface area contributed by atoms with Crippen LogP contribution in [-0.2, 0) is 4.79 Å². The molecule has 0 aliphatic carbocycles. The van der Waals surface area contributed by atoms with Gasteiger partial charge in [-0.05, 0) is 16.4 Å². The highest BCUT2D eigenvalue weighted by atomic mass is 16.5. The SMILES string of the molecule is CN(C=N)CC(=O)Oc1c(N)cc(N=O)cc1N=O. The summed E-state index contributed by atoms with van der Waals surface area (Å²) in [6.07, 6.45) is 0.933. The molecule has 0 unspecified atom stereocenters. The lowest BCUT2D eigenvalue weighted by Crippen LogP contribution is -2.27. The van der Waals surface area contributed by atoms with Crippen LogP contribution in [0.1, 0.15) is 0 Å². The molecule has 19 heavy (non-hydrogen) atoms. The van der Waals surface area contributed by atoms with Crippen LogP contribution in [0.25, 0.3) is 0 Å². The van der Waals surface area contributed by atoms with Crippen LogP contribution < -0.4 is 10.5 Å². The average molecular weight is 265 g/mol. The van der Waals surface area contributed by atoms with E-state index < -0.39 is 5.97 Å². The summed E-state index contributed by atoms with van der Waals surface area (Å²) in [5, 5.41) is 12.2. The van der Waals surface area contributed by atoms with Crippen molar-refractivity contribution in [2.45, 2.75) is 0 Å². The number of likely N-dealkylation sites (N-methyl/N-ethyl adjacent to an activating group) is 1. The van der Waals surface area contributed by atoms with Crippen LogP contribution in [0.4, 0.5) is 17.1 Å². The summed E-state index contributed by atoms with van der Waals surface area (Å²) >= 11 is 0. The van der Waals surface area contributed by atoms with Crippen molar-refractivity contribution >= 4 is 29.4 Å². The van der Waals surface area contributed by atoms with E-state index in [1.807, 2.05) is 0 Å². The van der Waals surface area contributed by atoms with Crippen molar-refractivity contribution < 1.29 is 9.53 Å². The van der Waals surface area contributed by atoms with E-state index in [0.717, 1.165) is 18.5 Å². The number of nitrogen functional groups attached to an aromatic ring is 1. The van der Waals surface area contributed by atoms with Crippen molar-refractivity contribution in [3.05, 3.63) is 21.9 Å². The van der Waals surface area contributed by atoms with Crippen molar-refractivity contribution in [1.29, 1.82) is 5.41 Å². The van der Waals surface area contributed by atoms with E-state index in [2.05, 4.69) is 10.4 Å². The second kappa shape index (κ2) is 6.19. The normalized spacial score (nSPS) is 9.53. The molecule has 0 atom stereocenters. The van der Waals surface area contributed by atoms with Gasteiger partial charge in [-0.15, -0.1) is 9.81 Å². The summed E-state index contributed by atoms with van der Waals surface area (Å²) in [6, 6.07) is 2.21. The largest absolute Gasteiger partial charge is 0.421 e. The predicted molar refractivity (Wildman–Crippen MR) is 68.8 cm³/mol. The number of nitrogens with one attached hydrogen (secondary N) is 1. The molecule has 0 bridgehead atoms. The van der Waals surface area contributed by atoms with E-state index >= 15 is 0 Å². The van der Waals surface area contributed by atoms with Crippen molar-refractivity contribution in [1.82, 2.24) is 4.90 Å². The molecule has 1 rings (SSSR count). The van der Waals surface area contributed by atoms with Crippen LogP contribution in [0.2, 0.25) is 0 Å². The Morgan fingerprint density at radius 2 is 2.16 bits per heavy atom. The molecule has 0 radical (unpaired) electrons. The lowest BCUT2D eigenvalue weighted by atomic mass is 10.2. The molecule has 1 aromatic carbocycles. The first-order valence-corrected chi connectivity index (χ1v) is 5.03. The Kier molecular flexibility index (Phi) is 4.63. The number of esters is 1. The van der Waals surface area contributed by atoms with Crippen LogP contribution >= 0.6 is 0 Å². The third kappa shape index (κ3) is 3.56. The van der Waals surface area contributed by atoms with E-state index in [9.17, 15) is 14.6 Å². The highest BCUT2D eigenvalue weighted by Gasteiger charge is 2.16. The van der Waals surface area contributed by atoms with Gasteiger partial charge < -0.3 is 15.4 Å². The minimum absolute atomic E-state index is 0.0940. The number of carbonyl (C=O) groups is 1. The van der Waals surface area contributed by atoms with Crippen molar-refractivity contribution in [3.63, 3.8) is 0 Å². The molecule has 0 heterocycles. The fraction of sp³-hybridized carbons (Fsp3) is 0.200. The van der Waals surface area contributed by atoms with Gasteiger partial charge in [-0.2, -0.15) is 0 Å². The quantitative estimate of drug-likeness (QED) is 0.199. The zero-order chi connectivity index (χ0) is 14.4. The van der Waals surface area contributed by atoms with Crippen molar-refractivity contribution in [3.8, 4) is 5.75 Å². The number of benzene rings is 1. The molecule has 0 saturated carbocycles. The third-order valence-corrected chi connectivity index (χ3v) is 2.10. The van der Waals surface area contributed by atoms with Crippen molar-refractivity contribution in [2.24, 2.45) is 10.4 Å². The Labute approximate surface area is 107 Å². The number of hydrogen-bond donors (Lipinski definition) is 2. The van der Waals surface area contributed by atoms with Gasteiger partial charge in [0, 0.05) is 13.1 Å². The highest BCUT2D eigenvalue weighted by molar-refractivity contribution is 5.82. The lowest BCUT2D eigenvalue weighted by Gasteiger charge is -2.13. The molecule has 0 amide bonds. The standard InChI is InChI=1S/C10H11N5O4/c1-15(5-11)4-9(16)19-10-7(12)2-6(13-17)3-8(10)14-18/h2-3,5,11H,4,12H2,1H3. The van der Waals surface area contributed by atoms with Gasteiger partial charge in [0.05, 0.1) is 12.0 Å². The molecule has 9 heteroatoms. The molecule has 0 aliphatic rings. The van der Waals surface area contributed by atoms with E-state index in [-0.39, 0.29) is 29.4 Å². The van der Waals surface area contributed by atoms with Gasteiger partial charge in [-0.25, -0.2) is 4.79 Å². The van der Waals surface area contributed by atoms with E-state index in [4.69, 9.17) is 15.9 Å². The van der Waals surface area contributed by atoms with Crippen LogP contribution in [0.15, 0.2) is 22.5 Å². The summed E-state index contributed by atoms with van der Waals surface area (Å²) in [4.78, 5) is 33.7. The van der Waals surface area contributed by atoms with Crippen LogP contribution in [-0.4, -0.2) is 30.8 Å². The zero-order valence-corrected chi connectivity index (χ0v) is 9.99. The zero-order valence-electron chi connectivity index (χ0n) is 9.99. The number of nitrogens with two attached hydrogens (primary N) is 1. The number of nitrogens with zero attached hydrogens (tertiary/aromatic N) is 3. The summed E-state index contributed by atoms with van der Waals surface area (Å²) in [6.45, 7) is -0.199. The van der Waals surface area contributed by atoms with Crippen LogP contribution in [0.3, 0.4) is 0 Å².